The quantitative estimate of drug-likeness (QED) is 0.265. The first-order chi connectivity index (χ1) is 19.1. The highest BCUT2D eigenvalue weighted by Gasteiger charge is 2.14. The van der Waals surface area contributed by atoms with Crippen molar-refractivity contribution in [3.63, 3.8) is 0 Å². The van der Waals surface area contributed by atoms with E-state index in [0.29, 0.717) is 12.4 Å². The predicted molar refractivity (Wildman–Crippen MR) is 162 cm³/mol. The van der Waals surface area contributed by atoms with Gasteiger partial charge in [0.05, 0.1) is 37.8 Å². The molecule has 0 spiro atoms. The molecule has 1 aliphatic rings. The third-order valence-corrected chi connectivity index (χ3v) is 6.75. The lowest BCUT2D eigenvalue weighted by Gasteiger charge is -2.32. The summed E-state index contributed by atoms with van der Waals surface area (Å²) in [6.07, 6.45) is 7.91. The van der Waals surface area contributed by atoms with Crippen molar-refractivity contribution < 1.29 is 9.47 Å². The third-order valence-electron chi connectivity index (χ3n) is 6.75. The second kappa shape index (κ2) is 16.7. The maximum Gasteiger partial charge on any atom is 0.161 e. The van der Waals surface area contributed by atoms with Crippen molar-refractivity contribution in [3.05, 3.63) is 66.5 Å². The molecule has 1 fully saturated rings. The molecule has 0 aliphatic carbocycles. The van der Waals surface area contributed by atoms with E-state index in [1.165, 1.54) is 12.0 Å². The van der Waals surface area contributed by atoms with Gasteiger partial charge in [-0.1, -0.05) is 57.5 Å². The van der Waals surface area contributed by atoms with E-state index in [4.69, 9.17) is 14.5 Å². The van der Waals surface area contributed by atoms with Crippen LogP contribution in [0.2, 0.25) is 0 Å². The van der Waals surface area contributed by atoms with E-state index in [0.717, 1.165) is 74.8 Å². The van der Waals surface area contributed by atoms with E-state index in [9.17, 15) is 0 Å². The zero-order valence-electron chi connectivity index (χ0n) is 24.5. The Balaban J connectivity index is 0.00000134. The molecule has 1 aliphatic heterocycles. The molecule has 7 heteroatoms. The average Bonchev–Trinajstić information content (AvgIpc) is 2.98. The Morgan fingerprint density at radius 3 is 2.36 bits per heavy atom. The number of unbranched alkanes of at least 4 members (excludes halogenated alkanes) is 1. The van der Waals surface area contributed by atoms with Crippen molar-refractivity contribution >= 4 is 5.82 Å². The minimum atomic E-state index is 0.178. The summed E-state index contributed by atoms with van der Waals surface area (Å²) < 4.78 is 11.7. The number of hydrogen-bond acceptors (Lipinski definition) is 7. The van der Waals surface area contributed by atoms with Gasteiger partial charge < -0.3 is 24.6 Å². The summed E-state index contributed by atoms with van der Waals surface area (Å²) in [6, 6.07) is 16.6. The van der Waals surface area contributed by atoms with Gasteiger partial charge in [-0.05, 0) is 56.6 Å². The number of hydrogen-bond donors (Lipinski definition) is 1. The van der Waals surface area contributed by atoms with Gasteiger partial charge >= 0.3 is 0 Å². The number of anilines is 1. The van der Waals surface area contributed by atoms with Crippen LogP contribution in [0.4, 0.5) is 5.82 Å². The Bertz CT molecular complexity index is 1090. The van der Waals surface area contributed by atoms with Crippen LogP contribution >= 0.6 is 0 Å². The summed E-state index contributed by atoms with van der Waals surface area (Å²) in [7, 11) is 3.87. The fraction of sp³-hybridized carbons (Fsp3) is 0.500. The lowest BCUT2D eigenvalue weighted by molar-refractivity contribution is 0.149. The van der Waals surface area contributed by atoms with Gasteiger partial charge in [-0.2, -0.15) is 0 Å². The number of likely N-dealkylation sites (N-methyl/N-ethyl adjacent to an activating group) is 1. The van der Waals surface area contributed by atoms with Gasteiger partial charge in [0.25, 0.3) is 0 Å². The van der Waals surface area contributed by atoms with Crippen LogP contribution in [-0.2, 0) is 0 Å². The Kier molecular flexibility index (Phi) is 13.0. The fourth-order valence-electron chi connectivity index (χ4n) is 4.50. The Morgan fingerprint density at radius 1 is 0.923 bits per heavy atom. The van der Waals surface area contributed by atoms with Gasteiger partial charge in [0.2, 0.25) is 0 Å². The molecule has 3 aromatic rings. The van der Waals surface area contributed by atoms with E-state index in [1.807, 2.05) is 24.3 Å². The summed E-state index contributed by atoms with van der Waals surface area (Å²) in [6.45, 7) is 12.9. The minimum absolute atomic E-state index is 0.178. The highest BCUT2D eigenvalue weighted by molar-refractivity contribution is 5.64. The van der Waals surface area contributed by atoms with Gasteiger partial charge in [-0.25, -0.2) is 4.98 Å². The number of benzene rings is 2. The number of piperazine rings is 1. The van der Waals surface area contributed by atoms with Gasteiger partial charge in [-0.3, -0.25) is 4.98 Å². The topological polar surface area (TPSA) is 62.8 Å². The molecule has 1 saturated heterocycles. The Morgan fingerprint density at radius 2 is 1.67 bits per heavy atom. The molecular weight excluding hydrogens is 486 g/mol. The van der Waals surface area contributed by atoms with Gasteiger partial charge in [0, 0.05) is 31.7 Å². The van der Waals surface area contributed by atoms with E-state index >= 15 is 0 Å². The molecule has 2 heterocycles. The molecule has 0 radical (unpaired) electrons. The summed E-state index contributed by atoms with van der Waals surface area (Å²) >= 11 is 0. The standard InChI is InChI=1S/C29H39N5O2.C3H8/c1-4-25(23-10-6-5-7-11-23)31-29-22-30-21-26(32-29)24-12-13-27(28(20-24)35-3)36-19-9-8-14-34-17-15-33(2)16-18-34;1-3-2/h5-7,10-13,20-22,25H,4,8-9,14-19H2,1-3H3,(H,31,32);3H2,1-2H3. The first-order valence-electron chi connectivity index (χ1n) is 14.4. The molecule has 1 unspecified atom stereocenters. The van der Waals surface area contributed by atoms with Crippen LogP contribution in [0, 0.1) is 0 Å². The van der Waals surface area contributed by atoms with Crippen LogP contribution in [0.5, 0.6) is 11.5 Å². The number of nitrogens with zero attached hydrogens (tertiary/aromatic N) is 4. The maximum absolute atomic E-state index is 6.07. The van der Waals surface area contributed by atoms with Crippen molar-refractivity contribution in [2.45, 2.75) is 52.5 Å². The molecule has 1 N–H and O–H groups in total. The molecule has 4 rings (SSSR count). The van der Waals surface area contributed by atoms with Crippen LogP contribution in [-0.4, -0.2) is 73.3 Å². The molecule has 0 amide bonds. The summed E-state index contributed by atoms with van der Waals surface area (Å²) in [5.74, 6) is 2.23. The van der Waals surface area contributed by atoms with E-state index in [2.05, 4.69) is 72.2 Å². The van der Waals surface area contributed by atoms with Gasteiger partial charge in [-0.15, -0.1) is 0 Å². The van der Waals surface area contributed by atoms with Crippen molar-refractivity contribution in [1.82, 2.24) is 19.8 Å². The van der Waals surface area contributed by atoms with Gasteiger partial charge in [0.1, 0.15) is 5.82 Å². The molecule has 1 atom stereocenters. The van der Waals surface area contributed by atoms with Gasteiger partial charge in [0.15, 0.2) is 11.5 Å². The molecule has 1 aromatic heterocycles. The largest absolute Gasteiger partial charge is 0.493 e. The van der Waals surface area contributed by atoms with Crippen molar-refractivity contribution in [3.8, 4) is 22.8 Å². The number of nitrogens with one attached hydrogen (secondary N) is 1. The Hall–Kier alpha value is -3.16. The van der Waals surface area contributed by atoms with Crippen molar-refractivity contribution in [2.75, 3.05) is 58.8 Å². The number of rotatable bonds is 12. The van der Waals surface area contributed by atoms with E-state index in [1.54, 1.807) is 19.5 Å². The highest BCUT2D eigenvalue weighted by atomic mass is 16.5. The summed E-state index contributed by atoms with van der Waals surface area (Å²) in [5.41, 5.74) is 2.97. The number of aromatic nitrogens is 2. The third kappa shape index (κ3) is 9.83. The maximum atomic E-state index is 6.07. The molecule has 0 bridgehead atoms. The van der Waals surface area contributed by atoms with Crippen LogP contribution in [0.3, 0.4) is 0 Å². The number of methoxy groups -OCH3 is 1. The first kappa shape index (κ1) is 30.4. The Labute approximate surface area is 235 Å². The number of ether oxygens (including phenoxy) is 2. The zero-order valence-corrected chi connectivity index (χ0v) is 24.5. The first-order valence-corrected chi connectivity index (χ1v) is 14.4. The summed E-state index contributed by atoms with van der Waals surface area (Å²) in [5, 5.41) is 3.53. The smallest absolute Gasteiger partial charge is 0.161 e. The van der Waals surface area contributed by atoms with Crippen LogP contribution in [0.25, 0.3) is 11.3 Å². The molecule has 0 saturated carbocycles. The molecule has 39 heavy (non-hydrogen) atoms. The zero-order chi connectivity index (χ0) is 27.9. The van der Waals surface area contributed by atoms with Crippen LogP contribution < -0.4 is 14.8 Å². The molecule has 7 nitrogen and oxygen atoms in total. The monoisotopic (exact) mass is 533 g/mol. The second-order valence-corrected chi connectivity index (χ2v) is 10.1. The normalized spacial score (nSPS) is 14.7. The molecule has 212 valence electrons. The van der Waals surface area contributed by atoms with Crippen LogP contribution in [0.1, 0.15) is 58.1 Å². The molecular formula is C32H47N5O2. The van der Waals surface area contributed by atoms with E-state index < -0.39 is 0 Å². The lowest BCUT2D eigenvalue weighted by Crippen LogP contribution is -2.44. The summed E-state index contributed by atoms with van der Waals surface area (Å²) in [4.78, 5) is 14.2. The highest BCUT2D eigenvalue weighted by Crippen LogP contribution is 2.32. The van der Waals surface area contributed by atoms with E-state index in [-0.39, 0.29) is 6.04 Å². The van der Waals surface area contributed by atoms with Crippen molar-refractivity contribution in [2.24, 2.45) is 0 Å². The van der Waals surface area contributed by atoms with Crippen LogP contribution in [0.15, 0.2) is 60.9 Å². The average molecular weight is 534 g/mol. The predicted octanol–water partition coefficient (Wildman–Crippen LogP) is 6.54. The minimum Gasteiger partial charge on any atom is -0.493 e. The van der Waals surface area contributed by atoms with Crippen molar-refractivity contribution in [1.29, 1.82) is 0 Å². The molecule has 2 aromatic carbocycles. The fourth-order valence-corrected chi connectivity index (χ4v) is 4.50. The second-order valence-electron chi connectivity index (χ2n) is 10.1. The SMILES string of the molecule is CCC.CCC(Nc1cncc(-c2ccc(OCCCCN3CCN(C)CC3)c(OC)c2)n1)c1ccccc1. The lowest BCUT2D eigenvalue weighted by atomic mass is 10.0.